The molecule has 0 spiro atoms. The molecule has 0 saturated heterocycles. The lowest BCUT2D eigenvalue weighted by atomic mass is 10.0. The van der Waals surface area contributed by atoms with Gasteiger partial charge in [0.1, 0.15) is 5.60 Å². The van der Waals surface area contributed by atoms with E-state index < -0.39 is 11.7 Å². The molecule has 1 aromatic carbocycles. The van der Waals surface area contributed by atoms with Crippen LogP contribution in [0.25, 0.3) is 10.6 Å². The largest absolute Gasteiger partial charge is 0.444 e. The molecular weight excluding hydrogens is 422 g/mol. The van der Waals surface area contributed by atoms with Gasteiger partial charge in [0.2, 0.25) is 5.95 Å². The molecule has 1 amide bonds. The van der Waals surface area contributed by atoms with E-state index in [0.29, 0.717) is 18.4 Å². The summed E-state index contributed by atoms with van der Waals surface area (Å²) in [5.74, 6) is 0.909. The molecule has 2 heterocycles. The molecule has 32 heavy (non-hydrogen) atoms. The number of carbonyl (C=O) groups excluding carboxylic acids is 1. The molecule has 0 radical (unpaired) electrons. The number of aromatic nitrogens is 3. The Morgan fingerprint density at radius 3 is 2.53 bits per heavy atom. The molecule has 1 unspecified atom stereocenters. The van der Waals surface area contributed by atoms with E-state index in [4.69, 9.17) is 14.7 Å². The number of amides is 1. The highest BCUT2D eigenvalue weighted by Crippen LogP contribution is 2.34. The van der Waals surface area contributed by atoms with Gasteiger partial charge in [0, 0.05) is 18.4 Å². The first-order valence-electron chi connectivity index (χ1n) is 10.8. The molecule has 2 N–H and O–H groups in total. The maximum atomic E-state index is 11.8. The van der Waals surface area contributed by atoms with Crippen molar-refractivity contribution in [1.29, 1.82) is 0 Å². The molecule has 0 bridgehead atoms. The van der Waals surface area contributed by atoms with Gasteiger partial charge in [-0.25, -0.2) is 19.7 Å². The number of rotatable bonds is 7. The first kappa shape index (κ1) is 23.7. The second-order valence-electron chi connectivity index (χ2n) is 8.70. The predicted octanol–water partition coefficient (Wildman–Crippen LogP) is 6.19. The van der Waals surface area contributed by atoms with Crippen LogP contribution in [0.3, 0.4) is 0 Å². The van der Waals surface area contributed by atoms with Crippen LogP contribution in [0.4, 0.5) is 16.4 Å². The molecule has 2 aromatic heterocycles. The van der Waals surface area contributed by atoms with Crippen molar-refractivity contribution in [3.63, 3.8) is 0 Å². The number of carbonyl (C=O) groups is 1. The Balaban J connectivity index is 1.67. The monoisotopic (exact) mass is 453 g/mol. The topological polar surface area (TPSA) is 89.0 Å². The van der Waals surface area contributed by atoms with Gasteiger partial charge in [0.05, 0.1) is 21.3 Å². The summed E-state index contributed by atoms with van der Waals surface area (Å²) in [6.07, 6.45) is 2.36. The van der Waals surface area contributed by atoms with E-state index in [-0.39, 0.29) is 0 Å². The summed E-state index contributed by atoms with van der Waals surface area (Å²) < 4.78 is 5.26. The SMILES string of the molecule is CCC(C)c1nc(C)sc1-c1ccnc(Nc2ccc(CNC(=O)OC(C)(C)C)cc2)n1. The summed E-state index contributed by atoms with van der Waals surface area (Å²) in [6.45, 7) is 12.3. The van der Waals surface area contributed by atoms with Crippen LogP contribution < -0.4 is 10.6 Å². The lowest BCUT2D eigenvalue weighted by Crippen LogP contribution is -2.32. The summed E-state index contributed by atoms with van der Waals surface area (Å²) in [6, 6.07) is 9.68. The van der Waals surface area contributed by atoms with E-state index in [1.165, 1.54) is 0 Å². The molecule has 0 saturated carbocycles. The standard InChI is InChI=1S/C24H31N5O2S/c1-7-15(2)20-21(32-16(3)27-20)19-12-13-25-22(29-19)28-18-10-8-17(9-11-18)14-26-23(30)31-24(4,5)6/h8-13,15H,7,14H2,1-6H3,(H,26,30)(H,25,28,29). The van der Waals surface area contributed by atoms with Crippen LogP contribution in [0.15, 0.2) is 36.5 Å². The van der Waals surface area contributed by atoms with Gasteiger partial charge in [-0.3, -0.25) is 0 Å². The molecule has 1 atom stereocenters. The summed E-state index contributed by atoms with van der Waals surface area (Å²) in [7, 11) is 0. The lowest BCUT2D eigenvalue weighted by molar-refractivity contribution is 0.0523. The van der Waals surface area contributed by atoms with Crippen molar-refractivity contribution in [2.45, 2.75) is 66.0 Å². The molecule has 0 fully saturated rings. The van der Waals surface area contributed by atoms with Gasteiger partial charge in [-0.05, 0) is 63.8 Å². The highest BCUT2D eigenvalue weighted by atomic mass is 32.1. The highest BCUT2D eigenvalue weighted by molar-refractivity contribution is 7.15. The van der Waals surface area contributed by atoms with Crippen LogP contribution in [0.2, 0.25) is 0 Å². The molecule has 8 heteroatoms. The number of ether oxygens (including phenoxy) is 1. The van der Waals surface area contributed by atoms with E-state index >= 15 is 0 Å². The highest BCUT2D eigenvalue weighted by Gasteiger charge is 2.18. The average molecular weight is 454 g/mol. The second kappa shape index (κ2) is 10.1. The van der Waals surface area contributed by atoms with E-state index in [1.807, 2.05) is 58.0 Å². The summed E-state index contributed by atoms with van der Waals surface area (Å²) in [5.41, 5.74) is 3.29. The molecule has 7 nitrogen and oxygen atoms in total. The van der Waals surface area contributed by atoms with Crippen molar-refractivity contribution in [3.05, 3.63) is 52.8 Å². The van der Waals surface area contributed by atoms with E-state index in [9.17, 15) is 4.79 Å². The number of nitrogens with one attached hydrogen (secondary N) is 2. The number of nitrogens with zero attached hydrogens (tertiary/aromatic N) is 3. The third-order valence-corrected chi connectivity index (χ3v) is 5.78. The second-order valence-corrected chi connectivity index (χ2v) is 9.90. The van der Waals surface area contributed by atoms with Crippen molar-refractivity contribution < 1.29 is 9.53 Å². The van der Waals surface area contributed by atoms with Gasteiger partial charge >= 0.3 is 6.09 Å². The van der Waals surface area contributed by atoms with Crippen molar-refractivity contribution in [2.24, 2.45) is 0 Å². The minimum absolute atomic E-state index is 0.378. The third-order valence-electron chi connectivity index (χ3n) is 4.77. The van der Waals surface area contributed by atoms with Gasteiger partial charge in [0.25, 0.3) is 0 Å². The van der Waals surface area contributed by atoms with Gasteiger partial charge in [-0.2, -0.15) is 0 Å². The summed E-state index contributed by atoms with van der Waals surface area (Å²) >= 11 is 1.67. The zero-order valence-electron chi connectivity index (χ0n) is 19.5. The first-order chi connectivity index (χ1) is 15.1. The fraction of sp³-hybridized carbons (Fsp3) is 0.417. The Bertz CT molecular complexity index is 1060. The number of thiazole rings is 1. The Labute approximate surface area is 193 Å². The van der Waals surface area contributed by atoms with Crippen LogP contribution in [0.5, 0.6) is 0 Å². The summed E-state index contributed by atoms with van der Waals surface area (Å²) in [5, 5.41) is 7.06. The molecule has 0 aliphatic rings. The van der Waals surface area contributed by atoms with Crippen LogP contribution in [0, 0.1) is 6.92 Å². The predicted molar refractivity (Wildman–Crippen MR) is 129 cm³/mol. The smallest absolute Gasteiger partial charge is 0.407 e. The molecule has 3 rings (SSSR count). The van der Waals surface area contributed by atoms with E-state index in [1.54, 1.807) is 17.5 Å². The fourth-order valence-corrected chi connectivity index (χ4v) is 4.03. The van der Waals surface area contributed by atoms with Crippen molar-refractivity contribution in [2.75, 3.05) is 5.32 Å². The molecule has 0 aliphatic carbocycles. The molecule has 3 aromatic rings. The van der Waals surface area contributed by atoms with Gasteiger partial charge in [0.15, 0.2) is 0 Å². The Kier molecular flexibility index (Phi) is 7.45. The lowest BCUT2D eigenvalue weighted by Gasteiger charge is -2.19. The number of hydrogen-bond acceptors (Lipinski definition) is 7. The minimum Gasteiger partial charge on any atom is -0.444 e. The van der Waals surface area contributed by atoms with Gasteiger partial charge < -0.3 is 15.4 Å². The van der Waals surface area contributed by atoms with Crippen LogP contribution >= 0.6 is 11.3 Å². The minimum atomic E-state index is -0.514. The van der Waals surface area contributed by atoms with Crippen LogP contribution in [-0.2, 0) is 11.3 Å². The number of hydrogen-bond donors (Lipinski definition) is 2. The maximum absolute atomic E-state index is 11.8. The van der Waals surface area contributed by atoms with E-state index in [0.717, 1.165) is 38.9 Å². The van der Waals surface area contributed by atoms with Crippen molar-refractivity contribution in [1.82, 2.24) is 20.3 Å². The number of alkyl carbamates (subject to hydrolysis) is 1. The van der Waals surface area contributed by atoms with E-state index in [2.05, 4.69) is 29.5 Å². The molecule has 170 valence electrons. The summed E-state index contributed by atoms with van der Waals surface area (Å²) in [4.78, 5) is 26.7. The Morgan fingerprint density at radius 2 is 1.88 bits per heavy atom. The number of aryl methyl sites for hydroxylation is 1. The van der Waals surface area contributed by atoms with Gasteiger partial charge in [-0.1, -0.05) is 26.0 Å². The zero-order valence-corrected chi connectivity index (χ0v) is 20.3. The average Bonchev–Trinajstić information content (AvgIpc) is 3.13. The quantitative estimate of drug-likeness (QED) is 0.443. The van der Waals surface area contributed by atoms with Crippen LogP contribution in [0.1, 0.15) is 63.2 Å². The Hall–Kier alpha value is -3.00. The third kappa shape index (κ3) is 6.50. The number of benzene rings is 1. The molecule has 0 aliphatic heterocycles. The number of anilines is 2. The first-order valence-corrected chi connectivity index (χ1v) is 11.6. The molecular formula is C24H31N5O2S. The zero-order chi connectivity index (χ0) is 23.3. The van der Waals surface area contributed by atoms with Crippen molar-refractivity contribution >= 4 is 29.1 Å². The fourth-order valence-electron chi connectivity index (χ4n) is 3.02. The van der Waals surface area contributed by atoms with Crippen LogP contribution in [-0.4, -0.2) is 26.6 Å². The maximum Gasteiger partial charge on any atom is 0.407 e. The normalized spacial score (nSPS) is 12.3. The Morgan fingerprint density at radius 1 is 1.16 bits per heavy atom. The van der Waals surface area contributed by atoms with Gasteiger partial charge in [-0.15, -0.1) is 11.3 Å². The van der Waals surface area contributed by atoms with Crippen molar-refractivity contribution in [3.8, 4) is 10.6 Å².